The van der Waals surface area contributed by atoms with Crippen molar-refractivity contribution in [2.24, 2.45) is 4.99 Å². The first-order chi connectivity index (χ1) is 15.6. The van der Waals surface area contributed by atoms with E-state index in [4.69, 9.17) is 0 Å². The third kappa shape index (κ3) is 3.57. The summed E-state index contributed by atoms with van der Waals surface area (Å²) in [7, 11) is 0. The Hall–Kier alpha value is -3.16. The molecule has 1 N–H and O–H groups in total. The molecule has 7 heteroatoms. The Balaban J connectivity index is 1.65. The van der Waals surface area contributed by atoms with E-state index in [1.165, 1.54) is 11.8 Å². The summed E-state index contributed by atoms with van der Waals surface area (Å²) >= 11 is 2.97. The van der Waals surface area contributed by atoms with Crippen LogP contribution in [-0.2, 0) is 4.79 Å². The predicted octanol–water partition coefficient (Wildman–Crippen LogP) is 6.27. The molecule has 0 atom stereocenters. The van der Waals surface area contributed by atoms with Crippen molar-refractivity contribution in [3.05, 3.63) is 88.3 Å². The molecule has 32 heavy (non-hydrogen) atoms. The van der Waals surface area contributed by atoms with Crippen molar-refractivity contribution >= 4 is 51.7 Å². The van der Waals surface area contributed by atoms with Gasteiger partial charge in [0.1, 0.15) is 21.4 Å². The van der Waals surface area contributed by atoms with Crippen LogP contribution in [0.2, 0.25) is 0 Å². The van der Waals surface area contributed by atoms with E-state index in [0.29, 0.717) is 15.8 Å². The number of hydrogen-bond donors (Lipinski definition) is 1. The first kappa shape index (κ1) is 20.7. The zero-order chi connectivity index (χ0) is 22.2. The first-order valence-corrected chi connectivity index (χ1v) is 11.9. The number of phenols is 1. The second kappa shape index (κ2) is 8.41. The highest BCUT2D eigenvalue weighted by Gasteiger charge is 2.40. The molecule has 0 aliphatic carbocycles. The maximum atomic E-state index is 13.8. The van der Waals surface area contributed by atoms with Crippen molar-refractivity contribution < 1.29 is 9.90 Å². The number of phenolic OH excluding ortho intramolecular Hbond substituents is 1. The molecule has 2 aliphatic rings. The van der Waals surface area contributed by atoms with Crippen LogP contribution in [0.4, 0.5) is 17.1 Å². The highest BCUT2D eigenvalue weighted by Crippen LogP contribution is 2.51. The maximum Gasteiger partial charge on any atom is 0.274 e. The van der Waals surface area contributed by atoms with Crippen LogP contribution in [0.5, 0.6) is 5.75 Å². The first-order valence-electron chi connectivity index (χ1n) is 10.3. The second-order valence-corrected chi connectivity index (χ2v) is 9.42. The van der Waals surface area contributed by atoms with E-state index < -0.39 is 0 Å². The third-order valence-electron chi connectivity index (χ3n) is 5.26. The van der Waals surface area contributed by atoms with Crippen LogP contribution in [0.25, 0.3) is 0 Å². The van der Waals surface area contributed by atoms with Crippen LogP contribution in [-0.4, -0.2) is 22.7 Å². The van der Waals surface area contributed by atoms with Crippen LogP contribution in [0.15, 0.2) is 92.6 Å². The summed E-state index contributed by atoms with van der Waals surface area (Å²) in [6, 6.07) is 22.9. The Kier molecular flexibility index (Phi) is 5.45. The number of carbonyl (C=O) groups excluding carboxylic acids is 1. The molecule has 0 aromatic heterocycles. The fourth-order valence-corrected chi connectivity index (χ4v) is 6.14. The van der Waals surface area contributed by atoms with Crippen molar-refractivity contribution in [1.29, 1.82) is 0 Å². The lowest BCUT2D eigenvalue weighted by Gasteiger charge is -2.19. The molecule has 1 fully saturated rings. The summed E-state index contributed by atoms with van der Waals surface area (Å²) in [4.78, 5) is 24.1. The number of thioether (sulfide) groups is 2. The molecule has 2 aliphatic heterocycles. The number of amidine groups is 1. The lowest BCUT2D eigenvalue weighted by Crippen LogP contribution is -2.29. The number of nitrogens with zero attached hydrogens (tertiary/aromatic N) is 3. The van der Waals surface area contributed by atoms with Crippen LogP contribution in [0.3, 0.4) is 0 Å². The van der Waals surface area contributed by atoms with Gasteiger partial charge >= 0.3 is 0 Å². The molecule has 3 aromatic rings. The number of benzene rings is 3. The molecule has 5 nitrogen and oxygen atoms in total. The Morgan fingerprint density at radius 1 is 0.969 bits per heavy atom. The van der Waals surface area contributed by atoms with Crippen LogP contribution < -0.4 is 9.80 Å². The summed E-state index contributed by atoms with van der Waals surface area (Å²) < 4.78 is 0. The van der Waals surface area contributed by atoms with Gasteiger partial charge < -0.3 is 10.0 Å². The molecule has 2 heterocycles. The van der Waals surface area contributed by atoms with Gasteiger partial charge in [0, 0.05) is 11.4 Å². The van der Waals surface area contributed by atoms with Gasteiger partial charge in [-0.25, -0.2) is 4.99 Å². The van der Waals surface area contributed by atoms with Gasteiger partial charge in [-0.3, -0.25) is 9.69 Å². The van der Waals surface area contributed by atoms with Crippen LogP contribution in [0.1, 0.15) is 12.5 Å². The smallest absolute Gasteiger partial charge is 0.274 e. The topological polar surface area (TPSA) is 56.1 Å². The number of amides is 1. The molecule has 0 bridgehead atoms. The number of aryl methyl sites for hydroxylation is 1. The average Bonchev–Trinajstić information content (AvgIpc) is 3.32. The SMILES string of the molecule is CCN1/C(=C2/SC(=Nc3ccccc3O)N(c3cccc(C)c3)C2=O)Sc2ccccc21. The highest BCUT2D eigenvalue weighted by molar-refractivity contribution is 8.20. The number of para-hydroxylation sites is 3. The summed E-state index contributed by atoms with van der Waals surface area (Å²) in [6.45, 7) is 4.84. The number of carbonyl (C=O) groups is 1. The van der Waals surface area contributed by atoms with E-state index in [0.717, 1.165) is 33.4 Å². The minimum atomic E-state index is -0.108. The molecular weight excluding hydrogens is 438 g/mol. The van der Waals surface area contributed by atoms with E-state index in [1.54, 1.807) is 34.9 Å². The monoisotopic (exact) mass is 459 g/mol. The van der Waals surface area contributed by atoms with Crippen molar-refractivity contribution in [3.8, 4) is 5.75 Å². The number of aromatic hydroxyl groups is 1. The Morgan fingerprint density at radius 2 is 1.75 bits per heavy atom. The van der Waals surface area contributed by atoms with Gasteiger partial charge in [0.05, 0.1) is 11.4 Å². The molecule has 3 aromatic carbocycles. The molecule has 0 spiro atoms. The molecule has 0 unspecified atom stereocenters. The highest BCUT2D eigenvalue weighted by atomic mass is 32.2. The van der Waals surface area contributed by atoms with Crippen LogP contribution in [0, 0.1) is 6.92 Å². The molecule has 160 valence electrons. The normalized spacial score (nSPS) is 19.2. The third-order valence-corrected chi connectivity index (χ3v) is 7.60. The van der Waals surface area contributed by atoms with E-state index in [2.05, 4.69) is 28.9 Å². The van der Waals surface area contributed by atoms with E-state index >= 15 is 0 Å². The van der Waals surface area contributed by atoms with Crippen LogP contribution >= 0.6 is 23.5 Å². The van der Waals surface area contributed by atoms with Crippen molar-refractivity contribution in [3.63, 3.8) is 0 Å². The number of anilines is 2. The van der Waals surface area contributed by atoms with Gasteiger partial charge in [-0.15, -0.1) is 0 Å². The number of hydrogen-bond acceptors (Lipinski definition) is 6. The van der Waals surface area contributed by atoms with E-state index in [1.807, 2.05) is 49.4 Å². The van der Waals surface area contributed by atoms with Gasteiger partial charge in [0.15, 0.2) is 5.17 Å². The Labute approximate surface area is 195 Å². The number of aliphatic imine (C=N–C) groups is 1. The average molecular weight is 460 g/mol. The molecule has 5 rings (SSSR count). The quantitative estimate of drug-likeness (QED) is 0.468. The second-order valence-electron chi connectivity index (χ2n) is 7.41. The van der Waals surface area contributed by atoms with Gasteiger partial charge in [0.25, 0.3) is 5.91 Å². The molecule has 1 saturated heterocycles. The number of rotatable bonds is 3. The fraction of sp³-hybridized carbons (Fsp3) is 0.120. The number of fused-ring (bicyclic) bond motifs is 1. The predicted molar refractivity (Wildman–Crippen MR) is 134 cm³/mol. The zero-order valence-electron chi connectivity index (χ0n) is 17.6. The van der Waals surface area contributed by atoms with Crippen molar-refractivity contribution in [2.75, 3.05) is 16.3 Å². The van der Waals surface area contributed by atoms with Crippen molar-refractivity contribution in [1.82, 2.24) is 0 Å². The molecule has 0 saturated carbocycles. The summed E-state index contributed by atoms with van der Waals surface area (Å²) in [5.41, 5.74) is 3.36. The maximum absolute atomic E-state index is 13.8. The molecule has 0 radical (unpaired) electrons. The summed E-state index contributed by atoms with van der Waals surface area (Å²) in [5, 5.41) is 11.7. The Bertz CT molecular complexity index is 1290. The minimum absolute atomic E-state index is 0.0798. The molecule has 1 amide bonds. The lowest BCUT2D eigenvalue weighted by molar-refractivity contribution is -0.113. The standard InChI is InChI=1S/C25H21N3O2S2/c1-3-27-19-12-5-7-14-21(19)31-24(27)22-23(30)28(17-10-8-9-16(2)15-17)25(32-22)26-18-11-4-6-13-20(18)29/h4-15,29H,3H2,1-2H3/b24-22-,26-25?. The van der Waals surface area contributed by atoms with E-state index in [-0.39, 0.29) is 11.7 Å². The fourth-order valence-electron chi connectivity index (χ4n) is 3.75. The largest absolute Gasteiger partial charge is 0.506 e. The van der Waals surface area contributed by atoms with Gasteiger partial charge in [0.2, 0.25) is 0 Å². The van der Waals surface area contributed by atoms with Gasteiger partial charge in [-0.05, 0) is 67.6 Å². The van der Waals surface area contributed by atoms with Crippen molar-refractivity contribution in [2.45, 2.75) is 18.7 Å². The van der Waals surface area contributed by atoms with E-state index in [9.17, 15) is 9.90 Å². The zero-order valence-corrected chi connectivity index (χ0v) is 19.3. The summed E-state index contributed by atoms with van der Waals surface area (Å²) in [5.74, 6) is -0.0281. The van der Waals surface area contributed by atoms with Gasteiger partial charge in [-0.2, -0.15) is 0 Å². The van der Waals surface area contributed by atoms with Gasteiger partial charge in [-0.1, -0.05) is 48.2 Å². The lowest BCUT2D eigenvalue weighted by atomic mass is 10.2. The minimum Gasteiger partial charge on any atom is -0.506 e. The molecular formula is C25H21N3O2S2. The Morgan fingerprint density at radius 3 is 2.53 bits per heavy atom. The summed E-state index contributed by atoms with van der Waals surface area (Å²) in [6.07, 6.45) is 0.